The maximum Gasteiger partial charge on any atom is 0.310 e. The second-order valence-corrected chi connectivity index (χ2v) is 13.7. The van der Waals surface area contributed by atoms with Gasteiger partial charge in [0.05, 0.1) is 5.92 Å². The standard InChI is InChI=1S/C41H78N2O3/c1-4-6-8-10-12-14-16-18-20-22-24-26-28-30-32-34-36-43-40(44)37-38(3)41(45)46-39(42)35-33-31-29-27-25-23-21-19-17-15-13-11-9-7-5-2/h18-21,38-39H,4-17,22-37,42H2,1-3H3,(H,43,44)/b20-18-,21-19-. The average Bonchev–Trinajstić information content (AvgIpc) is 3.04. The molecule has 0 aliphatic heterocycles. The molecule has 5 heteroatoms. The molecule has 270 valence electrons. The van der Waals surface area contributed by atoms with Crippen molar-refractivity contribution >= 4 is 11.9 Å². The maximum atomic E-state index is 12.4. The number of hydrogen-bond donors (Lipinski definition) is 2. The lowest BCUT2D eigenvalue weighted by atomic mass is 10.1. The lowest BCUT2D eigenvalue weighted by molar-refractivity contribution is -0.155. The third-order valence-corrected chi connectivity index (χ3v) is 8.92. The molecular weight excluding hydrogens is 568 g/mol. The molecule has 0 saturated heterocycles. The summed E-state index contributed by atoms with van der Waals surface area (Å²) in [5.74, 6) is -0.921. The molecule has 3 N–H and O–H groups in total. The zero-order valence-electron chi connectivity index (χ0n) is 31.0. The monoisotopic (exact) mass is 647 g/mol. The summed E-state index contributed by atoms with van der Waals surface area (Å²) >= 11 is 0. The molecule has 0 aliphatic carbocycles. The van der Waals surface area contributed by atoms with Crippen molar-refractivity contribution in [1.29, 1.82) is 0 Å². The number of nitrogens with two attached hydrogens (primary N) is 1. The largest absolute Gasteiger partial charge is 0.447 e. The van der Waals surface area contributed by atoms with Crippen LogP contribution in [0.15, 0.2) is 24.3 Å². The summed E-state index contributed by atoms with van der Waals surface area (Å²) in [5.41, 5.74) is 6.05. The number of amides is 1. The van der Waals surface area contributed by atoms with Gasteiger partial charge >= 0.3 is 5.97 Å². The van der Waals surface area contributed by atoms with Crippen molar-refractivity contribution in [2.24, 2.45) is 11.7 Å². The van der Waals surface area contributed by atoms with Crippen molar-refractivity contribution in [2.45, 2.75) is 213 Å². The smallest absolute Gasteiger partial charge is 0.310 e. The Morgan fingerprint density at radius 3 is 1.37 bits per heavy atom. The molecule has 0 aliphatic rings. The van der Waals surface area contributed by atoms with E-state index in [1.54, 1.807) is 6.92 Å². The van der Waals surface area contributed by atoms with Gasteiger partial charge < -0.3 is 10.1 Å². The van der Waals surface area contributed by atoms with Crippen LogP contribution >= 0.6 is 0 Å². The number of nitrogens with one attached hydrogen (secondary N) is 1. The minimum absolute atomic E-state index is 0.0805. The van der Waals surface area contributed by atoms with Crippen LogP contribution in [0.25, 0.3) is 0 Å². The van der Waals surface area contributed by atoms with Crippen molar-refractivity contribution in [3.63, 3.8) is 0 Å². The molecule has 0 aromatic rings. The Kier molecular flexibility index (Phi) is 34.9. The Labute approximate surface area is 286 Å². The zero-order chi connectivity index (χ0) is 33.8. The Morgan fingerprint density at radius 2 is 0.935 bits per heavy atom. The van der Waals surface area contributed by atoms with Crippen molar-refractivity contribution in [1.82, 2.24) is 5.32 Å². The fourth-order valence-corrected chi connectivity index (χ4v) is 5.77. The molecule has 0 bridgehead atoms. The highest BCUT2D eigenvalue weighted by Crippen LogP contribution is 2.13. The van der Waals surface area contributed by atoms with E-state index in [1.165, 1.54) is 148 Å². The number of carbonyl (C=O) groups excluding carboxylic acids is 2. The lowest BCUT2D eigenvalue weighted by Crippen LogP contribution is -2.33. The Morgan fingerprint density at radius 1 is 0.565 bits per heavy atom. The fourth-order valence-electron chi connectivity index (χ4n) is 5.77. The number of allylic oxidation sites excluding steroid dienone is 4. The minimum Gasteiger partial charge on any atom is -0.447 e. The second kappa shape index (κ2) is 36.2. The summed E-state index contributed by atoms with van der Waals surface area (Å²) in [5, 5.41) is 2.96. The van der Waals surface area contributed by atoms with Crippen LogP contribution < -0.4 is 11.1 Å². The number of esters is 1. The molecular formula is C41H78N2O3. The van der Waals surface area contributed by atoms with E-state index in [1.807, 2.05) is 0 Å². The Bertz CT molecular complexity index is 720. The van der Waals surface area contributed by atoms with E-state index in [0.29, 0.717) is 13.0 Å². The van der Waals surface area contributed by atoms with Gasteiger partial charge in [0, 0.05) is 13.0 Å². The summed E-state index contributed by atoms with van der Waals surface area (Å²) in [4.78, 5) is 24.7. The maximum absolute atomic E-state index is 12.4. The van der Waals surface area contributed by atoms with E-state index in [4.69, 9.17) is 10.5 Å². The number of hydrogen-bond acceptors (Lipinski definition) is 4. The van der Waals surface area contributed by atoms with Gasteiger partial charge in [0.1, 0.15) is 0 Å². The van der Waals surface area contributed by atoms with Gasteiger partial charge in [-0.2, -0.15) is 0 Å². The highest BCUT2D eigenvalue weighted by atomic mass is 16.6. The molecule has 0 radical (unpaired) electrons. The molecule has 0 rings (SSSR count). The summed E-state index contributed by atoms with van der Waals surface area (Å²) in [6.45, 7) is 6.96. The van der Waals surface area contributed by atoms with E-state index in [-0.39, 0.29) is 18.3 Å². The van der Waals surface area contributed by atoms with Crippen LogP contribution in [0.4, 0.5) is 0 Å². The molecule has 0 aromatic heterocycles. The van der Waals surface area contributed by atoms with Crippen molar-refractivity contribution in [3.8, 4) is 0 Å². The summed E-state index contributed by atoms with van der Waals surface area (Å²) < 4.78 is 5.42. The van der Waals surface area contributed by atoms with Gasteiger partial charge in [-0.15, -0.1) is 0 Å². The third-order valence-electron chi connectivity index (χ3n) is 8.92. The number of ether oxygens (including phenoxy) is 1. The first-order chi connectivity index (χ1) is 22.5. The van der Waals surface area contributed by atoms with E-state index in [2.05, 4.69) is 43.5 Å². The van der Waals surface area contributed by atoms with E-state index in [0.717, 1.165) is 25.7 Å². The molecule has 0 fully saturated rings. The SMILES string of the molecule is CCCCCCCC/C=C\CCCCCCCCNC(=O)CC(C)C(=O)OC(N)CCCCCCC/C=C\CCCCCCCC. The van der Waals surface area contributed by atoms with Gasteiger partial charge in [0.25, 0.3) is 0 Å². The van der Waals surface area contributed by atoms with Crippen LogP contribution in [0.3, 0.4) is 0 Å². The molecule has 5 nitrogen and oxygen atoms in total. The predicted molar refractivity (Wildman–Crippen MR) is 200 cm³/mol. The van der Waals surface area contributed by atoms with Gasteiger partial charge in [-0.3, -0.25) is 15.3 Å². The van der Waals surface area contributed by atoms with Crippen LogP contribution in [0, 0.1) is 5.92 Å². The lowest BCUT2D eigenvalue weighted by Gasteiger charge is -2.16. The first kappa shape index (κ1) is 44.4. The number of unbranched alkanes of at least 4 members (excludes halogenated alkanes) is 23. The summed E-state index contributed by atoms with van der Waals surface area (Å²) in [6.07, 6.45) is 43.9. The van der Waals surface area contributed by atoms with Crippen molar-refractivity contribution in [3.05, 3.63) is 24.3 Å². The fraction of sp³-hybridized carbons (Fsp3) is 0.854. The minimum atomic E-state index is -0.580. The van der Waals surface area contributed by atoms with Crippen LogP contribution in [0.5, 0.6) is 0 Å². The van der Waals surface area contributed by atoms with E-state index in [9.17, 15) is 9.59 Å². The zero-order valence-corrected chi connectivity index (χ0v) is 31.0. The van der Waals surface area contributed by atoms with Crippen LogP contribution in [-0.2, 0) is 14.3 Å². The topological polar surface area (TPSA) is 81.4 Å². The second-order valence-electron chi connectivity index (χ2n) is 13.7. The van der Waals surface area contributed by atoms with Gasteiger partial charge in [0.2, 0.25) is 5.91 Å². The Hall–Kier alpha value is -1.62. The third kappa shape index (κ3) is 33.7. The van der Waals surface area contributed by atoms with Gasteiger partial charge in [-0.25, -0.2) is 0 Å². The van der Waals surface area contributed by atoms with Gasteiger partial charge in [-0.05, 0) is 70.6 Å². The van der Waals surface area contributed by atoms with Gasteiger partial charge in [0.15, 0.2) is 6.23 Å². The summed E-state index contributed by atoms with van der Waals surface area (Å²) in [6, 6.07) is 0. The highest BCUT2D eigenvalue weighted by molar-refractivity contribution is 5.82. The Balaban J connectivity index is 3.57. The molecule has 0 heterocycles. The molecule has 2 unspecified atom stereocenters. The van der Waals surface area contributed by atoms with Crippen molar-refractivity contribution in [2.75, 3.05) is 6.54 Å². The molecule has 2 atom stereocenters. The number of rotatable bonds is 35. The van der Waals surface area contributed by atoms with Crippen molar-refractivity contribution < 1.29 is 14.3 Å². The number of carbonyl (C=O) groups is 2. The van der Waals surface area contributed by atoms with E-state index < -0.39 is 12.1 Å². The van der Waals surface area contributed by atoms with E-state index >= 15 is 0 Å². The normalized spacial score (nSPS) is 13.0. The van der Waals surface area contributed by atoms with Crippen LogP contribution in [0.2, 0.25) is 0 Å². The average molecular weight is 647 g/mol. The van der Waals surface area contributed by atoms with Crippen LogP contribution in [-0.4, -0.2) is 24.6 Å². The van der Waals surface area contributed by atoms with Gasteiger partial charge in [-0.1, -0.05) is 154 Å². The molecule has 0 spiro atoms. The van der Waals surface area contributed by atoms with Crippen LogP contribution in [0.1, 0.15) is 207 Å². The summed E-state index contributed by atoms with van der Waals surface area (Å²) in [7, 11) is 0. The predicted octanol–water partition coefficient (Wildman–Crippen LogP) is 12.0. The first-order valence-corrected chi connectivity index (χ1v) is 20.0. The highest BCUT2D eigenvalue weighted by Gasteiger charge is 2.20. The molecule has 0 aromatic carbocycles. The molecule has 46 heavy (non-hydrogen) atoms. The molecule has 0 saturated carbocycles. The first-order valence-electron chi connectivity index (χ1n) is 20.0. The quantitative estimate of drug-likeness (QED) is 0.0311. The molecule has 1 amide bonds.